The Balaban J connectivity index is 1.09. The Morgan fingerprint density at radius 3 is 1.47 bits per heavy atom. The van der Waals surface area contributed by atoms with Gasteiger partial charge in [0.25, 0.3) is 0 Å². The average Bonchev–Trinajstić information content (AvgIpc) is 3.82. The number of nitrogens with zero attached hydrogens (tertiary/aromatic N) is 7. The molecule has 0 bridgehead atoms. The van der Waals surface area contributed by atoms with Crippen LogP contribution in [0, 0.1) is 17.9 Å². The van der Waals surface area contributed by atoms with Crippen molar-refractivity contribution in [1.29, 1.82) is 5.26 Å². The van der Waals surface area contributed by atoms with Crippen LogP contribution in [-0.2, 0) is 0 Å². The van der Waals surface area contributed by atoms with Gasteiger partial charge in [0.1, 0.15) is 6.07 Å². The maximum absolute atomic E-state index is 10.9. The summed E-state index contributed by atoms with van der Waals surface area (Å²) in [6.45, 7) is 7.33. The first-order valence-electron chi connectivity index (χ1n) is 19.6. The first kappa shape index (κ1) is 34.6. The zero-order valence-corrected chi connectivity index (χ0v) is 32.0. The Bertz CT molecular complexity index is 3480. The maximum atomic E-state index is 10.9. The fourth-order valence-corrected chi connectivity index (χ4v) is 8.40. The van der Waals surface area contributed by atoms with Gasteiger partial charge in [0.2, 0.25) is 0 Å². The van der Waals surface area contributed by atoms with Gasteiger partial charge >= 0.3 is 0 Å². The van der Waals surface area contributed by atoms with Gasteiger partial charge in [0.15, 0.2) is 23.2 Å². The molecule has 0 atom stereocenters. The number of para-hydroxylation sites is 2. The first-order valence-corrected chi connectivity index (χ1v) is 19.6. The molecule has 0 aliphatic heterocycles. The number of nitriles is 1. The third-order valence-electron chi connectivity index (χ3n) is 11.2. The van der Waals surface area contributed by atoms with Crippen LogP contribution in [0.4, 0.5) is 5.69 Å². The quantitative estimate of drug-likeness (QED) is 0.158. The summed E-state index contributed by atoms with van der Waals surface area (Å²) < 4.78 is 4.53. The van der Waals surface area contributed by atoms with Gasteiger partial charge in [-0.05, 0) is 65.7 Å². The summed E-state index contributed by atoms with van der Waals surface area (Å²) in [5.74, 6) is 1.62. The molecule has 0 aliphatic rings. The Labute approximate surface area is 345 Å². The summed E-state index contributed by atoms with van der Waals surface area (Å²) in [7, 11) is 0. The number of hydrogen-bond donors (Lipinski definition) is 0. The lowest BCUT2D eigenvalue weighted by atomic mass is 10.0. The normalized spacial score (nSPS) is 11.3. The molecule has 0 radical (unpaired) electrons. The molecule has 60 heavy (non-hydrogen) atoms. The number of rotatable bonds is 6. The lowest BCUT2D eigenvalue weighted by molar-refractivity contribution is 1.07. The van der Waals surface area contributed by atoms with Crippen molar-refractivity contribution in [3.63, 3.8) is 0 Å². The third-order valence-corrected chi connectivity index (χ3v) is 11.2. The summed E-state index contributed by atoms with van der Waals surface area (Å²) in [5, 5.41) is 15.4. The van der Waals surface area contributed by atoms with Crippen molar-refractivity contribution < 1.29 is 0 Å². The highest BCUT2D eigenvalue weighted by atomic mass is 15.0. The van der Waals surface area contributed by atoms with Crippen molar-refractivity contribution in [3.8, 4) is 62.7 Å². The van der Waals surface area contributed by atoms with E-state index in [2.05, 4.69) is 98.9 Å². The molecule has 0 saturated carbocycles. The van der Waals surface area contributed by atoms with Crippen molar-refractivity contribution >= 4 is 49.3 Å². The van der Waals surface area contributed by atoms with Crippen LogP contribution in [0.3, 0.4) is 0 Å². The first-order chi connectivity index (χ1) is 29.6. The van der Waals surface area contributed by atoms with Crippen molar-refractivity contribution in [2.24, 2.45) is 0 Å². The smallest absolute Gasteiger partial charge is 0.187 e. The molecule has 0 amide bonds. The van der Waals surface area contributed by atoms with Gasteiger partial charge in [-0.25, -0.2) is 19.8 Å². The van der Waals surface area contributed by atoms with E-state index in [-0.39, 0.29) is 0 Å². The van der Waals surface area contributed by atoms with Gasteiger partial charge in [-0.3, -0.25) is 0 Å². The number of aromatic nitrogens is 5. The molecule has 278 valence electrons. The summed E-state index contributed by atoms with van der Waals surface area (Å²) >= 11 is 0. The highest BCUT2D eigenvalue weighted by molar-refractivity contribution is 6.19. The molecule has 0 N–H and O–H groups in total. The molecule has 3 aromatic heterocycles. The highest BCUT2D eigenvalue weighted by Gasteiger charge is 2.21. The van der Waals surface area contributed by atoms with E-state index in [0.29, 0.717) is 28.7 Å². The minimum Gasteiger partial charge on any atom is -0.309 e. The maximum Gasteiger partial charge on any atom is 0.187 e. The van der Waals surface area contributed by atoms with Crippen molar-refractivity contribution in [2.45, 2.75) is 0 Å². The Morgan fingerprint density at radius 2 is 0.900 bits per heavy atom. The molecule has 0 fully saturated rings. The lowest BCUT2D eigenvalue weighted by Gasteiger charge is -2.13. The Morgan fingerprint density at radius 1 is 0.417 bits per heavy atom. The van der Waals surface area contributed by atoms with Crippen LogP contribution in [0.5, 0.6) is 0 Å². The molecule has 0 spiro atoms. The van der Waals surface area contributed by atoms with Crippen LogP contribution in [0.25, 0.3) is 105 Å². The average molecular weight is 766 g/mol. The van der Waals surface area contributed by atoms with Crippen molar-refractivity contribution in [3.05, 3.63) is 205 Å². The van der Waals surface area contributed by atoms with Crippen molar-refractivity contribution in [1.82, 2.24) is 24.1 Å². The molecular weight excluding hydrogens is 735 g/mol. The van der Waals surface area contributed by atoms with E-state index in [1.54, 1.807) is 0 Å². The largest absolute Gasteiger partial charge is 0.309 e. The molecule has 7 heteroatoms. The fraction of sp³-hybridized carbons (Fsp3) is 0. The predicted octanol–water partition coefficient (Wildman–Crippen LogP) is 13.2. The van der Waals surface area contributed by atoms with Gasteiger partial charge in [0.05, 0.1) is 39.9 Å². The minimum absolute atomic E-state index is 0.491. The van der Waals surface area contributed by atoms with Gasteiger partial charge in [0, 0.05) is 43.9 Å². The molecule has 7 nitrogen and oxygen atoms in total. The standard InChI is InChI=1S/C53H31N7/c1-55-40-25-20-34(21-26-40)35-22-27-41(28-23-35)59-47-18-10-8-16-42(47)44-31-45-43-17-9-11-19-48(43)60(50(45)32-49(44)59)46-29-24-38(30-39(46)33-54)53-57-51(36-12-4-2-5-13-36)56-52(58-53)37-14-6-3-7-15-37/h2-32H. The summed E-state index contributed by atoms with van der Waals surface area (Å²) in [5.41, 5.74) is 11.7. The summed E-state index contributed by atoms with van der Waals surface area (Å²) in [6.07, 6.45) is 0. The molecule has 0 unspecified atom stereocenters. The number of benzene rings is 8. The fourth-order valence-electron chi connectivity index (χ4n) is 8.40. The van der Waals surface area contributed by atoms with E-state index < -0.39 is 0 Å². The van der Waals surface area contributed by atoms with E-state index in [0.717, 1.165) is 82.8 Å². The third kappa shape index (κ3) is 5.69. The SMILES string of the molecule is [C-]#[N+]c1ccc(-c2ccc(-n3c4ccccc4c4cc5c6ccccc6n(-c6ccc(-c7nc(-c8ccccc8)nc(-c8ccccc8)n7)cc6C#N)c5cc43)cc2)cc1. The topological polar surface area (TPSA) is 76.7 Å². The Kier molecular flexibility index (Phi) is 8.11. The molecule has 8 aromatic carbocycles. The molecule has 0 saturated heterocycles. The number of fused-ring (bicyclic) bond motifs is 6. The van der Waals surface area contributed by atoms with Gasteiger partial charge < -0.3 is 9.13 Å². The van der Waals surface area contributed by atoms with E-state index in [9.17, 15) is 5.26 Å². The second kappa shape index (κ2) is 14.1. The minimum atomic E-state index is 0.491. The Hall–Kier alpha value is -8.65. The lowest BCUT2D eigenvalue weighted by Crippen LogP contribution is -2.02. The zero-order chi connectivity index (χ0) is 40.2. The molecular formula is C53H31N7. The van der Waals surface area contributed by atoms with Crippen LogP contribution >= 0.6 is 0 Å². The van der Waals surface area contributed by atoms with Crippen LogP contribution in [0.2, 0.25) is 0 Å². The van der Waals surface area contributed by atoms with Crippen LogP contribution in [-0.4, -0.2) is 24.1 Å². The second-order valence-corrected chi connectivity index (χ2v) is 14.7. The monoisotopic (exact) mass is 765 g/mol. The summed E-state index contributed by atoms with van der Waals surface area (Å²) in [4.78, 5) is 18.3. The number of hydrogen-bond acceptors (Lipinski definition) is 4. The highest BCUT2D eigenvalue weighted by Crippen LogP contribution is 2.41. The van der Waals surface area contributed by atoms with E-state index in [1.807, 2.05) is 109 Å². The zero-order valence-electron chi connectivity index (χ0n) is 32.0. The predicted molar refractivity (Wildman–Crippen MR) is 241 cm³/mol. The molecule has 11 rings (SSSR count). The summed E-state index contributed by atoms with van der Waals surface area (Å²) in [6, 6.07) is 66.0. The van der Waals surface area contributed by atoms with Gasteiger partial charge in [-0.1, -0.05) is 133 Å². The van der Waals surface area contributed by atoms with Crippen molar-refractivity contribution in [2.75, 3.05) is 0 Å². The van der Waals surface area contributed by atoms with Crippen LogP contribution in [0.1, 0.15) is 5.56 Å². The van der Waals surface area contributed by atoms with E-state index >= 15 is 0 Å². The van der Waals surface area contributed by atoms with Gasteiger partial charge in [-0.15, -0.1) is 0 Å². The van der Waals surface area contributed by atoms with Crippen LogP contribution in [0.15, 0.2) is 188 Å². The molecule has 11 aromatic rings. The van der Waals surface area contributed by atoms with E-state index in [1.165, 1.54) is 0 Å². The van der Waals surface area contributed by atoms with E-state index in [4.69, 9.17) is 21.5 Å². The molecule has 0 aliphatic carbocycles. The van der Waals surface area contributed by atoms with Crippen LogP contribution < -0.4 is 0 Å². The second-order valence-electron chi connectivity index (χ2n) is 14.7. The molecule has 3 heterocycles. The van der Waals surface area contributed by atoms with Gasteiger partial charge in [-0.2, -0.15) is 5.26 Å².